The summed E-state index contributed by atoms with van der Waals surface area (Å²) in [5, 5.41) is 8.69. The van der Waals surface area contributed by atoms with E-state index in [1.54, 1.807) is 38.1 Å². The fraction of sp³-hybridized carbons (Fsp3) is 0.745. The standard InChI is InChI=1S/C51H84N4O10/c1-13-35(6)49(54(10)51(62)41(33(2)3)30-44(59)48(34(4)5)53(9)46(60)26-20-15-14-19-24-40(57)32-52-63)45(64-11)31-47(61)55-27-21-25-42(55)50(65-12)36(7)43(58)29-39(37(8)56)28-38-22-17-16-18-23-38/h16-18,22-23,33-36,39,41-42,45,48-50,52,63H,13-15,19-21,24-32H2,1-12H3/t35-,36-,39-,41-,42-,45+,48-,49?,50+/m0/s1. The summed E-state index contributed by atoms with van der Waals surface area (Å²) in [4.78, 5) is 99.6. The normalized spacial score (nSPS) is 17.8. The van der Waals surface area contributed by atoms with E-state index < -0.39 is 42.0 Å². The van der Waals surface area contributed by atoms with Crippen molar-refractivity contribution in [3.63, 3.8) is 0 Å². The van der Waals surface area contributed by atoms with E-state index in [1.807, 2.05) is 84.3 Å². The van der Waals surface area contributed by atoms with Crippen LogP contribution in [0.4, 0.5) is 0 Å². The third-order valence-electron chi connectivity index (χ3n) is 13.9. The zero-order chi connectivity index (χ0) is 49.0. The minimum absolute atomic E-state index is 0.00516. The molecule has 1 aliphatic heterocycles. The summed E-state index contributed by atoms with van der Waals surface area (Å²) in [6.07, 6.45) is 4.80. The molecule has 0 aliphatic carbocycles. The highest BCUT2D eigenvalue weighted by molar-refractivity contribution is 5.93. The van der Waals surface area contributed by atoms with Gasteiger partial charge in [0, 0.05) is 78.3 Å². The van der Waals surface area contributed by atoms with Gasteiger partial charge in [-0.15, -0.1) is 0 Å². The largest absolute Gasteiger partial charge is 0.379 e. The smallest absolute Gasteiger partial charge is 0.226 e. The summed E-state index contributed by atoms with van der Waals surface area (Å²) in [6, 6.07) is 8.08. The molecule has 368 valence electrons. The Kier molecular flexibility index (Phi) is 25.6. The fourth-order valence-electron chi connectivity index (χ4n) is 9.73. The Balaban J connectivity index is 2.21. The Hall–Kier alpha value is -3.85. The Morgan fingerprint density at radius 3 is 1.98 bits per heavy atom. The number of Topliss-reactive ketones (excluding diaryl/α,β-unsaturated/α-hetero) is 4. The van der Waals surface area contributed by atoms with Crippen molar-refractivity contribution in [2.24, 2.45) is 35.5 Å². The molecule has 3 amide bonds. The zero-order valence-electron chi connectivity index (χ0n) is 41.8. The molecular weight excluding hydrogens is 829 g/mol. The van der Waals surface area contributed by atoms with Crippen LogP contribution in [0.25, 0.3) is 0 Å². The molecule has 2 N–H and O–H groups in total. The maximum Gasteiger partial charge on any atom is 0.226 e. The number of hydrogen-bond acceptors (Lipinski definition) is 11. The summed E-state index contributed by atoms with van der Waals surface area (Å²) < 4.78 is 12.1. The number of ketones is 4. The number of unbranched alkanes of at least 4 members (excludes halogenated alkanes) is 3. The van der Waals surface area contributed by atoms with Gasteiger partial charge in [-0.1, -0.05) is 98.1 Å². The summed E-state index contributed by atoms with van der Waals surface area (Å²) in [5.41, 5.74) is 2.87. The van der Waals surface area contributed by atoms with Crippen molar-refractivity contribution < 1.29 is 48.2 Å². The molecule has 14 heteroatoms. The molecule has 2 rings (SSSR count). The highest BCUT2D eigenvalue weighted by Crippen LogP contribution is 2.32. The second-order valence-electron chi connectivity index (χ2n) is 19.3. The predicted molar refractivity (Wildman–Crippen MR) is 252 cm³/mol. The fourth-order valence-corrected chi connectivity index (χ4v) is 9.73. The van der Waals surface area contributed by atoms with Crippen LogP contribution in [0.15, 0.2) is 30.3 Å². The molecule has 0 saturated carbocycles. The maximum atomic E-state index is 14.6. The lowest BCUT2D eigenvalue weighted by atomic mass is 9.83. The van der Waals surface area contributed by atoms with Crippen LogP contribution in [0.3, 0.4) is 0 Å². The minimum atomic E-state index is -0.715. The van der Waals surface area contributed by atoms with Crippen molar-refractivity contribution in [3.8, 4) is 0 Å². The van der Waals surface area contributed by atoms with Gasteiger partial charge in [0.25, 0.3) is 0 Å². The summed E-state index contributed by atoms with van der Waals surface area (Å²) >= 11 is 0. The first-order chi connectivity index (χ1) is 30.7. The van der Waals surface area contributed by atoms with Crippen molar-refractivity contribution in [1.29, 1.82) is 0 Å². The van der Waals surface area contributed by atoms with E-state index >= 15 is 0 Å². The predicted octanol–water partition coefficient (Wildman–Crippen LogP) is 6.92. The monoisotopic (exact) mass is 913 g/mol. The van der Waals surface area contributed by atoms with Crippen LogP contribution in [0.5, 0.6) is 0 Å². The van der Waals surface area contributed by atoms with E-state index in [2.05, 4.69) is 0 Å². The van der Waals surface area contributed by atoms with Gasteiger partial charge in [-0.2, -0.15) is 5.48 Å². The van der Waals surface area contributed by atoms with E-state index in [0.717, 1.165) is 24.8 Å². The number of nitrogens with zero attached hydrogens (tertiary/aromatic N) is 3. The molecule has 1 heterocycles. The van der Waals surface area contributed by atoms with Crippen LogP contribution < -0.4 is 5.48 Å². The van der Waals surface area contributed by atoms with Crippen molar-refractivity contribution in [3.05, 3.63) is 35.9 Å². The quantitative estimate of drug-likeness (QED) is 0.0566. The molecule has 9 atom stereocenters. The molecule has 1 aromatic carbocycles. The number of likely N-dealkylation sites (tertiary alicyclic amines) is 1. The molecule has 0 bridgehead atoms. The van der Waals surface area contributed by atoms with E-state index in [4.69, 9.17) is 14.7 Å². The van der Waals surface area contributed by atoms with Gasteiger partial charge >= 0.3 is 0 Å². The van der Waals surface area contributed by atoms with Crippen LogP contribution in [-0.2, 0) is 49.5 Å². The summed E-state index contributed by atoms with van der Waals surface area (Å²) in [5.74, 6) is -3.07. The van der Waals surface area contributed by atoms with Crippen LogP contribution in [0.1, 0.15) is 138 Å². The lowest BCUT2D eigenvalue weighted by molar-refractivity contribution is -0.149. The van der Waals surface area contributed by atoms with E-state index in [-0.39, 0.29) is 96.9 Å². The average Bonchev–Trinajstić information content (AvgIpc) is 3.75. The Bertz CT molecular complexity index is 1670. The first-order valence-electron chi connectivity index (χ1n) is 24.1. The van der Waals surface area contributed by atoms with E-state index in [9.17, 15) is 33.6 Å². The highest BCUT2D eigenvalue weighted by Gasteiger charge is 2.43. The highest BCUT2D eigenvalue weighted by atomic mass is 16.5. The van der Waals surface area contributed by atoms with Crippen molar-refractivity contribution in [2.45, 2.75) is 169 Å². The number of benzene rings is 1. The van der Waals surface area contributed by atoms with Gasteiger partial charge in [0.15, 0.2) is 5.78 Å². The number of nitrogens with one attached hydrogen (secondary N) is 1. The maximum absolute atomic E-state index is 14.6. The van der Waals surface area contributed by atoms with Gasteiger partial charge in [-0.3, -0.25) is 33.6 Å². The molecule has 0 radical (unpaired) electrons. The molecule has 0 aromatic heterocycles. The van der Waals surface area contributed by atoms with Gasteiger partial charge in [-0.25, -0.2) is 0 Å². The lowest BCUT2D eigenvalue weighted by Crippen LogP contribution is -2.54. The van der Waals surface area contributed by atoms with Crippen LogP contribution >= 0.6 is 0 Å². The molecule has 1 saturated heterocycles. The second-order valence-corrected chi connectivity index (χ2v) is 19.3. The van der Waals surface area contributed by atoms with Gasteiger partial charge in [0.05, 0.1) is 43.3 Å². The Morgan fingerprint density at radius 2 is 1.45 bits per heavy atom. The lowest BCUT2D eigenvalue weighted by Gasteiger charge is -2.41. The molecule has 1 aromatic rings. The number of likely N-dealkylation sites (N-methyl/N-ethyl adjacent to an activating group) is 2. The van der Waals surface area contributed by atoms with Crippen LogP contribution in [-0.4, -0.2) is 132 Å². The van der Waals surface area contributed by atoms with Crippen molar-refractivity contribution in [2.75, 3.05) is 41.4 Å². The number of carbonyl (C=O) groups excluding carboxylic acids is 7. The topological polar surface area (TPSA) is 180 Å². The number of hydrogen-bond donors (Lipinski definition) is 2. The molecule has 65 heavy (non-hydrogen) atoms. The Labute approximate surface area is 390 Å². The first kappa shape index (κ1) is 57.3. The molecule has 1 aliphatic rings. The summed E-state index contributed by atoms with van der Waals surface area (Å²) in [7, 11) is 6.49. The number of amides is 3. The second kappa shape index (κ2) is 29.0. The molecule has 1 unspecified atom stereocenters. The number of hydroxylamine groups is 1. The minimum Gasteiger partial charge on any atom is -0.379 e. The Morgan fingerprint density at radius 1 is 0.815 bits per heavy atom. The zero-order valence-corrected chi connectivity index (χ0v) is 41.8. The summed E-state index contributed by atoms with van der Waals surface area (Å²) in [6.45, 7) is 15.5. The van der Waals surface area contributed by atoms with Gasteiger partial charge < -0.3 is 29.4 Å². The SMILES string of the molecule is CC[C@H](C)C([C@@H](CC(=O)N1CCC[C@H]1[C@H](OC)[C@@H](C)C(=O)C[C@H](Cc1ccccc1)C(C)=O)OC)N(C)C(=O)[C@@H](CC(=O)[C@H](C(C)C)N(C)C(=O)CCCCCCC(=O)CNO)C(C)C. The van der Waals surface area contributed by atoms with Crippen molar-refractivity contribution >= 4 is 40.9 Å². The van der Waals surface area contributed by atoms with E-state index in [1.165, 1.54) is 11.8 Å². The third kappa shape index (κ3) is 17.4. The van der Waals surface area contributed by atoms with Gasteiger partial charge in [0.2, 0.25) is 17.7 Å². The molecule has 0 spiro atoms. The number of ether oxygens (including phenoxy) is 2. The number of carbonyl (C=O) groups is 7. The van der Waals surface area contributed by atoms with Gasteiger partial charge in [-0.05, 0) is 62.3 Å². The average molecular weight is 913 g/mol. The van der Waals surface area contributed by atoms with Crippen LogP contribution in [0, 0.1) is 35.5 Å². The molecule has 1 fully saturated rings. The number of methoxy groups -OCH3 is 2. The van der Waals surface area contributed by atoms with Crippen molar-refractivity contribution in [1.82, 2.24) is 20.2 Å². The van der Waals surface area contributed by atoms with Crippen LogP contribution in [0.2, 0.25) is 0 Å². The van der Waals surface area contributed by atoms with E-state index in [0.29, 0.717) is 45.1 Å². The number of rotatable bonds is 32. The van der Waals surface area contributed by atoms with Gasteiger partial charge in [0.1, 0.15) is 17.3 Å². The third-order valence-corrected chi connectivity index (χ3v) is 13.9. The first-order valence-corrected chi connectivity index (χ1v) is 24.1. The molecular formula is C51H84N4O10. The molecule has 14 nitrogen and oxygen atoms in total.